The molecule has 5 N–H and O–H groups in total. The van der Waals surface area contributed by atoms with Gasteiger partial charge in [-0.05, 0) is 53.4 Å². The van der Waals surface area contributed by atoms with Crippen LogP contribution >= 0.6 is 11.3 Å². The molecule has 0 aliphatic carbocycles. The Hall–Kier alpha value is -3.83. The molecule has 2 aromatic carbocycles. The van der Waals surface area contributed by atoms with Crippen LogP contribution in [0.25, 0.3) is 5.70 Å². The number of hydrogen-bond acceptors (Lipinski definition) is 7. The molecule has 0 aliphatic rings. The highest BCUT2D eigenvalue weighted by Gasteiger charge is 2.19. The maximum atomic E-state index is 12.7. The van der Waals surface area contributed by atoms with Gasteiger partial charge in [-0.1, -0.05) is 24.8 Å². The van der Waals surface area contributed by atoms with Crippen LogP contribution in [0.1, 0.15) is 15.9 Å². The van der Waals surface area contributed by atoms with Gasteiger partial charge in [-0.15, -0.1) is 11.3 Å². The highest BCUT2D eigenvalue weighted by molar-refractivity contribution is 7.94. The third-order valence-electron chi connectivity index (χ3n) is 4.09. The fraction of sp³-hybridized carbons (Fsp3) is 0.0476. The number of amides is 2. The standard InChI is InChI=1S/C21H20N4O5S2/c1-14(15-8-10-16(11-9-15)30-13-19(22)26)23-24-21(27)17-5-2-3-6-18(17)25-32(28,29)20-7-4-12-31-20/h2-12,23,25H,1,13H2,(H2,22,26)(H,24,27). The molecular weight excluding hydrogens is 452 g/mol. The van der Waals surface area contributed by atoms with E-state index in [9.17, 15) is 18.0 Å². The summed E-state index contributed by atoms with van der Waals surface area (Å²) in [7, 11) is -3.80. The molecule has 1 heterocycles. The fourth-order valence-corrected chi connectivity index (χ4v) is 4.63. The number of hydrazine groups is 1. The summed E-state index contributed by atoms with van der Waals surface area (Å²) in [4.78, 5) is 23.4. The number of sulfonamides is 1. The molecule has 166 valence electrons. The first-order chi connectivity index (χ1) is 15.3. The van der Waals surface area contributed by atoms with Crippen molar-refractivity contribution in [3.63, 3.8) is 0 Å². The molecule has 0 fully saturated rings. The number of thiophene rings is 1. The van der Waals surface area contributed by atoms with Crippen molar-refractivity contribution in [2.45, 2.75) is 4.21 Å². The van der Waals surface area contributed by atoms with E-state index in [-0.39, 0.29) is 22.1 Å². The summed E-state index contributed by atoms with van der Waals surface area (Å²) in [6.45, 7) is 3.63. The molecule has 3 aromatic rings. The Bertz CT molecular complexity index is 1220. The van der Waals surface area contributed by atoms with E-state index in [2.05, 4.69) is 22.2 Å². The smallest absolute Gasteiger partial charge is 0.271 e. The second kappa shape index (κ2) is 9.98. The zero-order valence-electron chi connectivity index (χ0n) is 16.7. The first-order valence-corrected chi connectivity index (χ1v) is 11.5. The third kappa shape index (κ3) is 5.86. The van der Waals surface area contributed by atoms with Crippen molar-refractivity contribution in [2.75, 3.05) is 11.3 Å². The molecule has 2 amide bonds. The number of ether oxygens (including phenoxy) is 1. The second-order valence-electron chi connectivity index (χ2n) is 6.42. The first kappa shape index (κ1) is 22.8. The zero-order chi connectivity index (χ0) is 23.1. The lowest BCUT2D eigenvalue weighted by Crippen LogP contribution is -2.36. The fourth-order valence-electron chi connectivity index (χ4n) is 2.56. The van der Waals surface area contributed by atoms with E-state index >= 15 is 0 Å². The van der Waals surface area contributed by atoms with Gasteiger partial charge < -0.3 is 10.5 Å². The molecule has 0 atom stereocenters. The van der Waals surface area contributed by atoms with Gasteiger partial charge in [0.2, 0.25) is 0 Å². The van der Waals surface area contributed by atoms with Gasteiger partial charge in [-0.3, -0.25) is 25.2 Å². The minimum Gasteiger partial charge on any atom is -0.484 e. The summed E-state index contributed by atoms with van der Waals surface area (Å²) in [5.41, 5.74) is 11.5. The number of rotatable bonds is 10. The number of primary amides is 1. The maximum absolute atomic E-state index is 12.7. The molecule has 32 heavy (non-hydrogen) atoms. The summed E-state index contributed by atoms with van der Waals surface area (Å²) in [6.07, 6.45) is 0. The van der Waals surface area contributed by atoms with E-state index in [1.807, 2.05) is 0 Å². The number of carbonyl (C=O) groups excluding carboxylic acids is 2. The SMILES string of the molecule is C=C(NNC(=O)c1ccccc1NS(=O)(=O)c1cccs1)c1ccc(OCC(N)=O)cc1. The predicted octanol–water partition coefficient (Wildman–Crippen LogP) is 2.32. The van der Waals surface area contributed by atoms with Crippen LogP contribution in [0.4, 0.5) is 5.69 Å². The molecule has 0 saturated carbocycles. The number of nitrogens with one attached hydrogen (secondary N) is 3. The Kier molecular flexibility index (Phi) is 7.13. The maximum Gasteiger partial charge on any atom is 0.271 e. The number of anilines is 1. The molecule has 11 heteroatoms. The summed E-state index contributed by atoms with van der Waals surface area (Å²) in [6, 6.07) is 16.0. The Morgan fingerprint density at radius 2 is 1.72 bits per heavy atom. The normalized spacial score (nSPS) is 10.8. The van der Waals surface area contributed by atoms with Crippen LogP contribution in [0.15, 0.2) is 76.8 Å². The Balaban J connectivity index is 1.64. The van der Waals surface area contributed by atoms with Gasteiger partial charge in [-0.2, -0.15) is 0 Å². The molecule has 0 bridgehead atoms. The van der Waals surface area contributed by atoms with Crippen LogP contribution in [0, 0.1) is 0 Å². The van der Waals surface area contributed by atoms with E-state index < -0.39 is 21.8 Å². The molecule has 0 spiro atoms. The third-order valence-corrected chi connectivity index (χ3v) is 6.85. The molecule has 0 unspecified atom stereocenters. The van der Waals surface area contributed by atoms with Gasteiger partial charge in [0.15, 0.2) is 6.61 Å². The first-order valence-electron chi connectivity index (χ1n) is 9.18. The van der Waals surface area contributed by atoms with E-state index in [1.165, 1.54) is 18.2 Å². The zero-order valence-corrected chi connectivity index (χ0v) is 18.3. The van der Waals surface area contributed by atoms with Crippen molar-refractivity contribution >= 4 is 44.6 Å². The predicted molar refractivity (Wildman–Crippen MR) is 122 cm³/mol. The summed E-state index contributed by atoms with van der Waals surface area (Å²) < 4.78 is 32.8. The van der Waals surface area contributed by atoms with E-state index in [0.717, 1.165) is 11.3 Å². The Labute approximate surface area is 188 Å². The molecule has 0 saturated heterocycles. The van der Waals surface area contributed by atoms with Gasteiger partial charge in [-0.25, -0.2) is 8.42 Å². The summed E-state index contributed by atoms with van der Waals surface area (Å²) in [5.74, 6) is -0.686. The molecule has 1 aromatic heterocycles. The van der Waals surface area contributed by atoms with Gasteiger partial charge >= 0.3 is 0 Å². The van der Waals surface area contributed by atoms with E-state index in [0.29, 0.717) is 17.0 Å². The molecule has 0 aliphatic heterocycles. The minimum absolute atomic E-state index is 0.128. The lowest BCUT2D eigenvalue weighted by molar-refractivity contribution is -0.119. The van der Waals surface area contributed by atoms with Crippen molar-refractivity contribution < 1.29 is 22.7 Å². The molecular formula is C21H20N4O5S2. The molecule has 0 radical (unpaired) electrons. The number of benzene rings is 2. The highest BCUT2D eigenvalue weighted by atomic mass is 32.2. The second-order valence-corrected chi connectivity index (χ2v) is 9.28. The van der Waals surface area contributed by atoms with Crippen molar-refractivity contribution in [1.29, 1.82) is 0 Å². The van der Waals surface area contributed by atoms with Crippen molar-refractivity contribution in [3.8, 4) is 5.75 Å². The van der Waals surface area contributed by atoms with Gasteiger partial charge in [0.05, 0.1) is 16.9 Å². The van der Waals surface area contributed by atoms with Crippen LogP contribution in [-0.4, -0.2) is 26.8 Å². The van der Waals surface area contributed by atoms with E-state index in [1.54, 1.807) is 47.8 Å². The average molecular weight is 473 g/mol. The largest absolute Gasteiger partial charge is 0.484 e. The van der Waals surface area contributed by atoms with E-state index in [4.69, 9.17) is 10.5 Å². The quantitative estimate of drug-likeness (QED) is 0.334. The van der Waals surface area contributed by atoms with Gasteiger partial charge in [0, 0.05) is 0 Å². The monoisotopic (exact) mass is 472 g/mol. The number of carbonyl (C=O) groups is 2. The van der Waals surface area contributed by atoms with Crippen molar-refractivity contribution in [3.05, 3.63) is 83.7 Å². The summed E-state index contributed by atoms with van der Waals surface area (Å²) in [5, 5.41) is 1.65. The number of para-hydroxylation sites is 1. The Morgan fingerprint density at radius 1 is 1.00 bits per heavy atom. The summed E-state index contributed by atoms with van der Waals surface area (Å²) >= 11 is 1.07. The van der Waals surface area contributed by atoms with Crippen LogP contribution in [-0.2, 0) is 14.8 Å². The number of nitrogens with two attached hydrogens (primary N) is 1. The average Bonchev–Trinajstić information content (AvgIpc) is 3.32. The molecule has 9 nitrogen and oxygen atoms in total. The van der Waals surface area contributed by atoms with Crippen LogP contribution in [0.2, 0.25) is 0 Å². The van der Waals surface area contributed by atoms with Crippen LogP contribution < -0.4 is 26.0 Å². The van der Waals surface area contributed by atoms with Gasteiger partial charge in [0.1, 0.15) is 9.96 Å². The minimum atomic E-state index is -3.80. The van der Waals surface area contributed by atoms with Crippen LogP contribution in [0.5, 0.6) is 5.75 Å². The highest BCUT2D eigenvalue weighted by Crippen LogP contribution is 2.23. The topological polar surface area (TPSA) is 140 Å². The molecule has 3 rings (SSSR count). The van der Waals surface area contributed by atoms with Crippen LogP contribution in [0.3, 0.4) is 0 Å². The van der Waals surface area contributed by atoms with Gasteiger partial charge in [0.25, 0.3) is 21.8 Å². The lowest BCUT2D eigenvalue weighted by atomic mass is 10.1. The van der Waals surface area contributed by atoms with Crippen molar-refractivity contribution in [1.82, 2.24) is 10.9 Å². The Morgan fingerprint density at radius 3 is 2.38 bits per heavy atom. The lowest BCUT2D eigenvalue weighted by Gasteiger charge is -2.14. The van der Waals surface area contributed by atoms with Crippen molar-refractivity contribution in [2.24, 2.45) is 5.73 Å². The number of hydrogen-bond donors (Lipinski definition) is 4.